The van der Waals surface area contributed by atoms with Gasteiger partial charge in [-0.3, -0.25) is 0 Å². The molecule has 0 aliphatic carbocycles. The summed E-state index contributed by atoms with van der Waals surface area (Å²) in [6.07, 6.45) is 0. The fourth-order valence-corrected chi connectivity index (χ4v) is 1.42. The molecule has 0 fully saturated rings. The Morgan fingerprint density at radius 1 is 1.46 bits per heavy atom. The molecule has 72 valence electrons. The average Bonchev–Trinajstić information content (AvgIpc) is 2.16. The molecule has 1 rings (SSSR count). The maximum atomic E-state index is 8.81. The highest BCUT2D eigenvalue weighted by Crippen LogP contribution is 2.15. The first-order valence-electron chi connectivity index (χ1n) is 4.31. The van der Waals surface area contributed by atoms with Crippen LogP contribution in [0, 0.1) is 0 Å². The van der Waals surface area contributed by atoms with E-state index in [2.05, 4.69) is 27.3 Å². The van der Waals surface area contributed by atoms with E-state index in [9.17, 15) is 0 Å². The van der Waals surface area contributed by atoms with Crippen molar-refractivity contribution in [3.63, 3.8) is 0 Å². The highest BCUT2D eigenvalue weighted by Gasteiger charge is 2.01. The molecule has 3 heteroatoms. The Hall–Kier alpha value is -0.380. The molecule has 1 aromatic carbocycles. The van der Waals surface area contributed by atoms with Gasteiger partial charge in [0.05, 0.1) is 6.61 Å². The van der Waals surface area contributed by atoms with Gasteiger partial charge >= 0.3 is 0 Å². The molecule has 1 atom stereocenters. The fourth-order valence-electron chi connectivity index (χ4n) is 0.990. The minimum atomic E-state index is 0.145. The third kappa shape index (κ3) is 3.46. The van der Waals surface area contributed by atoms with Crippen LogP contribution in [0.5, 0.6) is 0 Å². The molecular weight excluding hydrogens is 230 g/mol. The van der Waals surface area contributed by atoms with Crippen molar-refractivity contribution in [2.24, 2.45) is 0 Å². The van der Waals surface area contributed by atoms with E-state index in [-0.39, 0.29) is 12.6 Å². The Bertz CT molecular complexity index is 265. The molecule has 0 aliphatic heterocycles. The van der Waals surface area contributed by atoms with Crippen molar-refractivity contribution >= 4 is 15.9 Å². The Morgan fingerprint density at radius 2 is 2.15 bits per heavy atom. The molecule has 0 aliphatic rings. The summed E-state index contributed by atoms with van der Waals surface area (Å²) < 4.78 is 1.10. The standard InChI is InChI=1S/C10H14BrNO/c1-8(7-13)12-6-9-4-2-3-5-10(9)11/h2-5,8,12-13H,6-7H2,1H3. The molecule has 0 radical (unpaired) electrons. The number of aliphatic hydroxyl groups is 1. The van der Waals surface area contributed by atoms with Crippen LogP contribution in [-0.4, -0.2) is 17.8 Å². The number of aliphatic hydroxyl groups excluding tert-OH is 1. The van der Waals surface area contributed by atoms with Gasteiger partial charge in [0.2, 0.25) is 0 Å². The molecule has 2 N–H and O–H groups in total. The summed E-state index contributed by atoms with van der Waals surface area (Å²) >= 11 is 3.47. The number of benzene rings is 1. The van der Waals surface area contributed by atoms with Crippen molar-refractivity contribution in [2.45, 2.75) is 19.5 Å². The van der Waals surface area contributed by atoms with Crippen LogP contribution in [0.3, 0.4) is 0 Å². The zero-order valence-electron chi connectivity index (χ0n) is 7.63. The SMILES string of the molecule is CC(CO)NCc1ccccc1Br. The Labute approximate surface area is 87.1 Å². The summed E-state index contributed by atoms with van der Waals surface area (Å²) in [7, 11) is 0. The third-order valence-corrected chi connectivity index (χ3v) is 2.65. The number of hydrogen-bond acceptors (Lipinski definition) is 2. The Kier molecular flexibility index (Phi) is 4.42. The van der Waals surface area contributed by atoms with Crippen LogP contribution in [0.1, 0.15) is 12.5 Å². The van der Waals surface area contributed by atoms with E-state index in [1.807, 2.05) is 25.1 Å². The maximum Gasteiger partial charge on any atom is 0.0582 e. The lowest BCUT2D eigenvalue weighted by Gasteiger charge is -2.11. The fraction of sp³-hybridized carbons (Fsp3) is 0.400. The lowest BCUT2D eigenvalue weighted by atomic mass is 10.2. The van der Waals surface area contributed by atoms with Crippen molar-refractivity contribution in [3.05, 3.63) is 34.3 Å². The normalized spacial score (nSPS) is 12.8. The van der Waals surface area contributed by atoms with Gasteiger partial charge in [-0.2, -0.15) is 0 Å². The van der Waals surface area contributed by atoms with Gasteiger partial charge in [0, 0.05) is 17.1 Å². The Balaban J connectivity index is 2.50. The first-order valence-corrected chi connectivity index (χ1v) is 5.11. The summed E-state index contributed by atoms with van der Waals surface area (Å²) in [5.74, 6) is 0. The van der Waals surface area contributed by atoms with Crippen molar-refractivity contribution < 1.29 is 5.11 Å². The van der Waals surface area contributed by atoms with E-state index in [1.165, 1.54) is 5.56 Å². The van der Waals surface area contributed by atoms with Crippen LogP contribution in [0.25, 0.3) is 0 Å². The smallest absolute Gasteiger partial charge is 0.0582 e. The van der Waals surface area contributed by atoms with E-state index in [4.69, 9.17) is 5.11 Å². The van der Waals surface area contributed by atoms with E-state index in [0.717, 1.165) is 11.0 Å². The molecule has 0 saturated heterocycles. The van der Waals surface area contributed by atoms with Crippen molar-refractivity contribution in [1.29, 1.82) is 0 Å². The quantitative estimate of drug-likeness (QED) is 0.848. The third-order valence-electron chi connectivity index (χ3n) is 1.87. The van der Waals surface area contributed by atoms with E-state index >= 15 is 0 Å². The van der Waals surface area contributed by atoms with Crippen LogP contribution in [-0.2, 0) is 6.54 Å². The van der Waals surface area contributed by atoms with Gasteiger partial charge in [-0.25, -0.2) is 0 Å². The maximum absolute atomic E-state index is 8.81. The second-order valence-electron chi connectivity index (χ2n) is 3.06. The lowest BCUT2D eigenvalue weighted by Crippen LogP contribution is -2.28. The van der Waals surface area contributed by atoms with Crippen LogP contribution < -0.4 is 5.32 Å². The number of hydrogen-bond donors (Lipinski definition) is 2. The van der Waals surface area contributed by atoms with E-state index in [0.29, 0.717) is 0 Å². The second kappa shape index (κ2) is 5.37. The molecular formula is C10H14BrNO. The predicted molar refractivity (Wildman–Crippen MR) is 57.5 cm³/mol. The molecule has 0 amide bonds. The highest BCUT2D eigenvalue weighted by atomic mass is 79.9. The highest BCUT2D eigenvalue weighted by molar-refractivity contribution is 9.10. The van der Waals surface area contributed by atoms with Crippen molar-refractivity contribution in [1.82, 2.24) is 5.32 Å². The predicted octanol–water partition coefficient (Wildman–Crippen LogP) is 1.92. The zero-order chi connectivity index (χ0) is 9.68. The van der Waals surface area contributed by atoms with E-state index < -0.39 is 0 Å². The number of nitrogens with one attached hydrogen (secondary N) is 1. The van der Waals surface area contributed by atoms with Crippen LogP contribution in [0.4, 0.5) is 0 Å². The largest absolute Gasteiger partial charge is 0.395 e. The first kappa shape index (κ1) is 10.7. The van der Waals surface area contributed by atoms with Gasteiger partial charge in [-0.05, 0) is 18.6 Å². The molecule has 0 saturated carbocycles. The van der Waals surface area contributed by atoms with Gasteiger partial charge in [-0.15, -0.1) is 0 Å². The summed E-state index contributed by atoms with van der Waals surface area (Å²) in [6, 6.07) is 8.21. The molecule has 1 unspecified atom stereocenters. The summed E-state index contributed by atoms with van der Waals surface area (Å²) in [6.45, 7) is 2.91. The van der Waals surface area contributed by atoms with Crippen LogP contribution >= 0.6 is 15.9 Å². The second-order valence-corrected chi connectivity index (χ2v) is 3.91. The number of halogens is 1. The molecule has 13 heavy (non-hydrogen) atoms. The average molecular weight is 244 g/mol. The summed E-state index contributed by atoms with van der Waals surface area (Å²) in [4.78, 5) is 0. The molecule has 0 aromatic heterocycles. The Morgan fingerprint density at radius 3 is 2.77 bits per heavy atom. The van der Waals surface area contributed by atoms with Gasteiger partial charge in [0.25, 0.3) is 0 Å². The lowest BCUT2D eigenvalue weighted by molar-refractivity contribution is 0.251. The monoisotopic (exact) mass is 243 g/mol. The minimum Gasteiger partial charge on any atom is -0.395 e. The minimum absolute atomic E-state index is 0.145. The number of rotatable bonds is 4. The van der Waals surface area contributed by atoms with E-state index in [1.54, 1.807) is 0 Å². The summed E-state index contributed by atoms with van der Waals surface area (Å²) in [5, 5.41) is 12.0. The molecule has 0 spiro atoms. The summed E-state index contributed by atoms with van der Waals surface area (Å²) in [5.41, 5.74) is 1.21. The van der Waals surface area contributed by atoms with Gasteiger partial charge in [0.1, 0.15) is 0 Å². The molecule has 2 nitrogen and oxygen atoms in total. The topological polar surface area (TPSA) is 32.3 Å². The van der Waals surface area contributed by atoms with Crippen molar-refractivity contribution in [3.8, 4) is 0 Å². The van der Waals surface area contributed by atoms with Gasteiger partial charge < -0.3 is 10.4 Å². The van der Waals surface area contributed by atoms with Crippen LogP contribution in [0.15, 0.2) is 28.7 Å². The molecule has 0 heterocycles. The van der Waals surface area contributed by atoms with Crippen molar-refractivity contribution in [2.75, 3.05) is 6.61 Å². The first-order chi connectivity index (χ1) is 6.24. The van der Waals surface area contributed by atoms with Gasteiger partial charge in [0.15, 0.2) is 0 Å². The molecule has 0 bridgehead atoms. The van der Waals surface area contributed by atoms with Gasteiger partial charge in [-0.1, -0.05) is 34.1 Å². The zero-order valence-corrected chi connectivity index (χ0v) is 9.21. The molecule has 1 aromatic rings. The van der Waals surface area contributed by atoms with Crippen LogP contribution in [0.2, 0.25) is 0 Å².